The summed E-state index contributed by atoms with van der Waals surface area (Å²) in [5, 5.41) is 3.46. The summed E-state index contributed by atoms with van der Waals surface area (Å²) in [5.74, 6) is 2.28. The Kier molecular flexibility index (Phi) is 3.64. The first-order chi connectivity index (χ1) is 7.88. The van der Waals surface area contributed by atoms with E-state index in [9.17, 15) is 0 Å². The number of nitrogens with one attached hydrogen (secondary N) is 1. The average molecular weight is 258 g/mol. The van der Waals surface area contributed by atoms with Crippen LogP contribution in [0.2, 0.25) is 0 Å². The van der Waals surface area contributed by atoms with Crippen molar-refractivity contribution in [2.45, 2.75) is 18.9 Å². The van der Waals surface area contributed by atoms with Crippen molar-refractivity contribution in [1.29, 1.82) is 0 Å². The van der Waals surface area contributed by atoms with Crippen LogP contribution in [-0.2, 0) is 0 Å². The Bertz CT molecular complexity index is 405. The zero-order valence-corrected chi connectivity index (χ0v) is 10.5. The molecule has 0 aliphatic carbocycles. The van der Waals surface area contributed by atoms with E-state index in [4.69, 9.17) is 14.2 Å². The molecule has 0 aromatic heterocycles. The average Bonchev–Trinajstić information content (AvgIpc) is 2.97. The molecule has 1 atom stereocenters. The lowest BCUT2D eigenvalue weighted by Gasteiger charge is -2.13. The van der Waals surface area contributed by atoms with E-state index in [0.717, 1.165) is 23.8 Å². The molecule has 1 aromatic rings. The lowest BCUT2D eigenvalue weighted by Crippen LogP contribution is -2.12. The van der Waals surface area contributed by atoms with Gasteiger partial charge in [0.1, 0.15) is 0 Å². The normalized spacial score (nSPS) is 21.1. The van der Waals surface area contributed by atoms with E-state index in [2.05, 4.69) is 5.32 Å². The van der Waals surface area contributed by atoms with Gasteiger partial charge >= 0.3 is 0 Å². The highest BCUT2D eigenvalue weighted by molar-refractivity contribution is 5.85. The maximum Gasteiger partial charge on any atom is 0.231 e. The van der Waals surface area contributed by atoms with Crippen LogP contribution < -0.4 is 19.5 Å². The maximum atomic E-state index is 5.41. The molecule has 0 amide bonds. The molecule has 4 nitrogen and oxygen atoms in total. The number of halogens is 1. The topological polar surface area (TPSA) is 39.7 Å². The van der Waals surface area contributed by atoms with Gasteiger partial charge in [-0.05, 0) is 37.1 Å². The van der Waals surface area contributed by atoms with Crippen LogP contribution in [0.15, 0.2) is 12.1 Å². The fraction of sp³-hybridized carbons (Fsp3) is 0.500. The number of hydrogen-bond donors (Lipinski definition) is 1. The van der Waals surface area contributed by atoms with E-state index in [0.29, 0.717) is 6.04 Å². The molecule has 0 unspecified atom stereocenters. The van der Waals surface area contributed by atoms with Crippen molar-refractivity contribution in [3.63, 3.8) is 0 Å². The quantitative estimate of drug-likeness (QED) is 0.882. The third kappa shape index (κ3) is 2.15. The van der Waals surface area contributed by atoms with E-state index >= 15 is 0 Å². The molecule has 1 fully saturated rings. The van der Waals surface area contributed by atoms with Gasteiger partial charge in [0.25, 0.3) is 0 Å². The lowest BCUT2D eigenvalue weighted by atomic mass is 10.0. The number of rotatable bonds is 2. The molecule has 5 heteroatoms. The van der Waals surface area contributed by atoms with Gasteiger partial charge < -0.3 is 19.5 Å². The second-order valence-electron chi connectivity index (χ2n) is 4.11. The zero-order valence-electron chi connectivity index (χ0n) is 9.69. The molecule has 0 spiro atoms. The Morgan fingerprint density at radius 2 is 2.24 bits per heavy atom. The monoisotopic (exact) mass is 257 g/mol. The predicted molar refractivity (Wildman–Crippen MR) is 66.3 cm³/mol. The van der Waals surface area contributed by atoms with Gasteiger partial charge in [0, 0.05) is 6.04 Å². The molecule has 0 saturated carbocycles. The first kappa shape index (κ1) is 12.3. The minimum Gasteiger partial charge on any atom is -0.493 e. The van der Waals surface area contributed by atoms with Crippen molar-refractivity contribution in [1.82, 2.24) is 5.32 Å². The SMILES string of the molecule is COc1cc([C@@H]2CCCN2)cc2c1OCO2.Cl. The van der Waals surface area contributed by atoms with Crippen molar-refractivity contribution in [3.05, 3.63) is 17.7 Å². The standard InChI is InChI=1S/C12H15NO3.ClH/c1-14-10-5-8(9-3-2-4-13-9)6-11-12(10)16-7-15-11;/h5-6,9,13H,2-4,7H2,1H3;1H/t9-;/m0./s1. The molecular weight excluding hydrogens is 242 g/mol. The molecule has 2 aliphatic heterocycles. The van der Waals surface area contributed by atoms with Crippen LogP contribution in [0.3, 0.4) is 0 Å². The third-order valence-electron chi connectivity index (χ3n) is 3.14. The van der Waals surface area contributed by atoms with E-state index in [1.54, 1.807) is 7.11 Å². The molecule has 94 valence electrons. The summed E-state index contributed by atoms with van der Waals surface area (Å²) in [6.07, 6.45) is 2.39. The van der Waals surface area contributed by atoms with Crippen molar-refractivity contribution in [3.8, 4) is 17.2 Å². The Morgan fingerprint density at radius 1 is 1.35 bits per heavy atom. The Hall–Kier alpha value is -1.13. The largest absolute Gasteiger partial charge is 0.493 e. The molecule has 0 radical (unpaired) electrons. The summed E-state index contributed by atoms with van der Waals surface area (Å²) in [6, 6.07) is 4.51. The first-order valence-corrected chi connectivity index (χ1v) is 5.59. The van der Waals surface area contributed by atoms with Crippen LogP contribution in [0.1, 0.15) is 24.4 Å². The minimum absolute atomic E-state index is 0. The molecule has 1 saturated heterocycles. The van der Waals surface area contributed by atoms with Crippen LogP contribution in [-0.4, -0.2) is 20.4 Å². The zero-order chi connectivity index (χ0) is 11.0. The van der Waals surface area contributed by atoms with Gasteiger partial charge in [0.05, 0.1) is 7.11 Å². The Balaban J connectivity index is 0.00000108. The first-order valence-electron chi connectivity index (χ1n) is 5.59. The number of fused-ring (bicyclic) bond motifs is 1. The molecule has 1 N–H and O–H groups in total. The highest BCUT2D eigenvalue weighted by atomic mass is 35.5. The summed E-state index contributed by atoms with van der Waals surface area (Å²) in [6.45, 7) is 1.37. The van der Waals surface area contributed by atoms with Gasteiger partial charge in [-0.15, -0.1) is 12.4 Å². The molecule has 1 aromatic carbocycles. The maximum absolute atomic E-state index is 5.41. The molecule has 0 bridgehead atoms. The minimum atomic E-state index is 0. The summed E-state index contributed by atoms with van der Waals surface area (Å²) in [5.41, 5.74) is 1.22. The van der Waals surface area contributed by atoms with E-state index in [1.807, 2.05) is 12.1 Å². The van der Waals surface area contributed by atoms with Crippen molar-refractivity contribution >= 4 is 12.4 Å². The fourth-order valence-corrected chi connectivity index (χ4v) is 2.32. The summed E-state index contributed by atoms with van der Waals surface area (Å²) >= 11 is 0. The summed E-state index contributed by atoms with van der Waals surface area (Å²) in [4.78, 5) is 0. The summed E-state index contributed by atoms with van der Waals surface area (Å²) in [7, 11) is 1.66. The highest BCUT2D eigenvalue weighted by Crippen LogP contribution is 2.43. The highest BCUT2D eigenvalue weighted by Gasteiger charge is 2.24. The molecular formula is C12H16ClNO3. The van der Waals surface area contributed by atoms with Crippen LogP contribution in [0.4, 0.5) is 0 Å². The van der Waals surface area contributed by atoms with Crippen molar-refractivity contribution < 1.29 is 14.2 Å². The fourth-order valence-electron chi connectivity index (χ4n) is 2.32. The van der Waals surface area contributed by atoms with Gasteiger partial charge in [0.2, 0.25) is 12.5 Å². The van der Waals surface area contributed by atoms with Crippen LogP contribution in [0.5, 0.6) is 17.2 Å². The Morgan fingerprint density at radius 3 is 2.94 bits per heavy atom. The van der Waals surface area contributed by atoms with Crippen LogP contribution in [0, 0.1) is 0 Å². The number of hydrogen-bond acceptors (Lipinski definition) is 4. The summed E-state index contributed by atoms with van der Waals surface area (Å²) < 4.78 is 16.1. The second-order valence-corrected chi connectivity index (χ2v) is 4.11. The van der Waals surface area contributed by atoms with Gasteiger partial charge in [0.15, 0.2) is 11.5 Å². The van der Waals surface area contributed by atoms with E-state index in [-0.39, 0.29) is 19.2 Å². The second kappa shape index (κ2) is 5.02. The number of methoxy groups -OCH3 is 1. The Labute approximate surface area is 107 Å². The molecule has 17 heavy (non-hydrogen) atoms. The molecule has 2 heterocycles. The predicted octanol–water partition coefficient (Wildman–Crippen LogP) is 2.27. The van der Waals surface area contributed by atoms with Crippen molar-refractivity contribution in [2.75, 3.05) is 20.4 Å². The third-order valence-corrected chi connectivity index (χ3v) is 3.14. The van der Waals surface area contributed by atoms with Gasteiger partial charge in [-0.25, -0.2) is 0 Å². The molecule has 2 aliphatic rings. The van der Waals surface area contributed by atoms with E-state index in [1.165, 1.54) is 18.4 Å². The number of ether oxygens (including phenoxy) is 3. The van der Waals surface area contributed by atoms with E-state index < -0.39 is 0 Å². The molecule has 3 rings (SSSR count). The number of benzene rings is 1. The van der Waals surface area contributed by atoms with Crippen molar-refractivity contribution in [2.24, 2.45) is 0 Å². The van der Waals surface area contributed by atoms with Gasteiger partial charge in [-0.1, -0.05) is 0 Å². The lowest BCUT2D eigenvalue weighted by molar-refractivity contribution is 0.171. The van der Waals surface area contributed by atoms with Gasteiger partial charge in [-0.2, -0.15) is 0 Å². The smallest absolute Gasteiger partial charge is 0.231 e. The van der Waals surface area contributed by atoms with Crippen LogP contribution in [0.25, 0.3) is 0 Å². The van der Waals surface area contributed by atoms with Crippen LogP contribution >= 0.6 is 12.4 Å². The van der Waals surface area contributed by atoms with Gasteiger partial charge in [-0.3, -0.25) is 0 Å².